The molecule has 0 unspecified atom stereocenters. The zero-order chi connectivity index (χ0) is 11.9. The molecular formula is C11H16N2O2S. The van der Waals surface area contributed by atoms with Crippen molar-refractivity contribution in [3.8, 4) is 0 Å². The van der Waals surface area contributed by atoms with E-state index in [1.54, 1.807) is 19.2 Å². The van der Waals surface area contributed by atoms with E-state index in [9.17, 15) is 8.42 Å². The lowest BCUT2D eigenvalue weighted by Crippen LogP contribution is -2.37. The molecule has 1 N–H and O–H groups in total. The largest absolute Gasteiger partial charge is 0.370 e. The Balaban J connectivity index is 2.67. The molecule has 0 amide bonds. The van der Waals surface area contributed by atoms with Crippen LogP contribution in [0.3, 0.4) is 0 Å². The summed E-state index contributed by atoms with van der Waals surface area (Å²) in [5, 5.41) is 3.16. The Bertz CT molecular complexity index is 509. The molecule has 0 saturated carbocycles. The first-order valence-electron chi connectivity index (χ1n) is 5.27. The van der Waals surface area contributed by atoms with Crippen LogP contribution in [0.15, 0.2) is 23.1 Å². The first-order chi connectivity index (χ1) is 7.44. The van der Waals surface area contributed by atoms with Crippen molar-refractivity contribution in [1.82, 2.24) is 4.31 Å². The molecule has 1 heterocycles. The second-order valence-electron chi connectivity index (χ2n) is 4.31. The van der Waals surface area contributed by atoms with Crippen molar-refractivity contribution < 1.29 is 8.42 Å². The average Bonchev–Trinajstić information content (AvgIpc) is 2.23. The van der Waals surface area contributed by atoms with E-state index < -0.39 is 10.0 Å². The molecule has 16 heavy (non-hydrogen) atoms. The Morgan fingerprint density at radius 1 is 1.38 bits per heavy atom. The zero-order valence-electron chi connectivity index (χ0n) is 9.69. The first kappa shape index (κ1) is 11.4. The summed E-state index contributed by atoms with van der Waals surface area (Å²) in [4.78, 5) is 0.382. The molecule has 0 saturated heterocycles. The molecule has 0 fully saturated rings. The Labute approximate surface area is 96.3 Å². The van der Waals surface area contributed by atoms with Gasteiger partial charge in [-0.15, -0.1) is 0 Å². The summed E-state index contributed by atoms with van der Waals surface area (Å²) in [5.74, 6) is 0.307. The number of hydrogen-bond acceptors (Lipinski definition) is 3. The number of rotatable bonds is 1. The van der Waals surface area contributed by atoms with Crippen LogP contribution in [0.2, 0.25) is 0 Å². The Hall–Kier alpha value is -1.07. The van der Waals surface area contributed by atoms with Crippen LogP contribution >= 0.6 is 0 Å². The molecule has 1 aromatic rings. The first-order valence-corrected chi connectivity index (χ1v) is 6.71. The minimum atomic E-state index is -3.31. The fraction of sp³-hybridized carbons (Fsp3) is 0.455. The van der Waals surface area contributed by atoms with Gasteiger partial charge >= 0.3 is 0 Å². The number of fused-ring (bicyclic) bond motifs is 1. The molecule has 0 bridgehead atoms. The Morgan fingerprint density at radius 3 is 2.69 bits per heavy atom. The van der Waals surface area contributed by atoms with Gasteiger partial charge < -0.3 is 5.32 Å². The molecule has 2 rings (SSSR count). The standard InChI is InChI=1S/C11H16N2O2S/c1-8(2)9-5-4-6-10-11(9)12-7-13(3)16(10,14)15/h4-6,8,12H,7H2,1-3H3. The van der Waals surface area contributed by atoms with Crippen LogP contribution in [0.25, 0.3) is 0 Å². The monoisotopic (exact) mass is 240 g/mol. The van der Waals surface area contributed by atoms with Crippen molar-refractivity contribution in [3.05, 3.63) is 23.8 Å². The molecule has 0 spiro atoms. The molecule has 0 atom stereocenters. The summed E-state index contributed by atoms with van der Waals surface area (Å²) in [6.07, 6.45) is 0. The highest BCUT2D eigenvalue weighted by Gasteiger charge is 2.30. The van der Waals surface area contributed by atoms with E-state index in [0.717, 1.165) is 11.3 Å². The minimum absolute atomic E-state index is 0.307. The highest BCUT2D eigenvalue weighted by atomic mass is 32.2. The smallest absolute Gasteiger partial charge is 0.246 e. The number of anilines is 1. The van der Waals surface area contributed by atoms with Gasteiger partial charge in [-0.2, -0.15) is 4.31 Å². The van der Waals surface area contributed by atoms with E-state index in [-0.39, 0.29) is 0 Å². The fourth-order valence-electron chi connectivity index (χ4n) is 1.88. The van der Waals surface area contributed by atoms with Gasteiger partial charge in [0.2, 0.25) is 10.0 Å². The van der Waals surface area contributed by atoms with Gasteiger partial charge in [-0.1, -0.05) is 26.0 Å². The van der Waals surface area contributed by atoms with Gasteiger partial charge in [-0.25, -0.2) is 8.42 Å². The van der Waals surface area contributed by atoms with Gasteiger partial charge in [0.15, 0.2) is 0 Å². The number of benzene rings is 1. The van der Waals surface area contributed by atoms with Gasteiger partial charge in [0.1, 0.15) is 4.90 Å². The van der Waals surface area contributed by atoms with Crippen LogP contribution in [0.4, 0.5) is 5.69 Å². The molecule has 1 aliphatic heterocycles. The Morgan fingerprint density at radius 2 is 2.06 bits per heavy atom. The van der Waals surface area contributed by atoms with Gasteiger partial charge in [0.05, 0.1) is 12.4 Å². The molecule has 1 aromatic carbocycles. The maximum absolute atomic E-state index is 12.1. The molecule has 88 valence electrons. The maximum Gasteiger partial charge on any atom is 0.246 e. The summed E-state index contributed by atoms with van der Waals surface area (Å²) in [7, 11) is -1.73. The molecule has 4 nitrogen and oxygen atoms in total. The van der Waals surface area contributed by atoms with Crippen LogP contribution in [0, 0.1) is 0 Å². The van der Waals surface area contributed by atoms with E-state index in [1.807, 2.05) is 6.07 Å². The third-order valence-corrected chi connectivity index (χ3v) is 4.69. The number of para-hydroxylation sites is 1. The summed E-state index contributed by atoms with van der Waals surface area (Å²) in [6.45, 7) is 4.45. The fourth-order valence-corrected chi connectivity index (χ4v) is 3.15. The zero-order valence-corrected chi connectivity index (χ0v) is 10.5. The lowest BCUT2D eigenvalue weighted by molar-refractivity contribution is 0.481. The van der Waals surface area contributed by atoms with Crippen LogP contribution in [0.1, 0.15) is 25.3 Å². The van der Waals surface area contributed by atoms with Crippen LogP contribution < -0.4 is 5.32 Å². The van der Waals surface area contributed by atoms with Crippen molar-refractivity contribution in [2.75, 3.05) is 19.0 Å². The molecule has 5 heteroatoms. The lowest BCUT2D eigenvalue weighted by atomic mass is 10.0. The topological polar surface area (TPSA) is 49.4 Å². The SMILES string of the molecule is CC(C)c1cccc2c1NCN(C)S2(=O)=O. The van der Waals surface area contributed by atoms with Gasteiger partial charge in [0.25, 0.3) is 0 Å². The molecule has 0 aromatic heterocycles. The average molecular weight is 240 g/mol. The second kappa shape index (κ2) is 3.75. The van der Waals surface area contributed by atoms with Crippen LogP contribution in [-0.4, -0.2) is 26.4 Å². The van der Waals surface area contributed by atoms with Gasteiger partial charge in [-0.05, 0) is 17.5 Å². The van der Waals surface area contributed by atoms with E-state index in [4.69, 9.17) is 0 Å². The molecular weight excluding hydrogens is 224 g/mol. The van der Waals surface area contributed by atoms with E-state index in [0.29, 0.717) is 17.5 Å². The number of nitrogens with one attached hydrogen (secondary N) is 1. The predicted octanol–water partition coefficient (Wildman–Crippen LogP) is 1.81. The van der Waals surface area contributed by atoms with Crippen LogP contribution in [-0.2, 0) is 10.0 Å². The number of hydrogen-bond donors (Lipinski definition) is 1. The quantitative estimate of drug-likeness (QED) is 0.814. The van der Waals surface area contributed by atoms with Gasteiger partial charge in [0, 0.05) is 7.05 Å². The van der Waals surface area contributed by atoms with Crippen molar-refractivity contribution in [2.24, 2.45) is 0 Å². The predicted molar refractivity (Wildman–Crippen MR) is 64.0 cm³/mol. The summed E-state index contributed by atoms with van der Waals surface area (Å²) in [5.41, 5.74) is 1.81. The molecule has 1 aliphatic rings. The Kier molecular flexibility index (Phi) is 2.67. The van der Waals surface area contributed by atoms with E-state index in [2.05, 4.69) is 19.2 Å². The normalized spacial score (nSPS) is 19.2. The molecule has 0 radical (unpaired) electrons. The second-order valence-corrected chi connectivity index (χ2v) is 6.33. The number of nitrogens with zero attached hydrogens (tertiary/aromatic N) is 1. The highest BCUT2D eigenvalue weighted by Crippen LogP contribution is 2.34. The highest BCUT2D eigenvalue weighted by molar-refractivity contribution is 7.89. The van der Waals surface area contributed by atoms with Crippen molar-refractivity contribution >= 4 is 15.7 Å². The van der Waals surface area contributed by atoms with Crippen molar-refractivity contribution in [1.29, 1.82) is 0 Å². The van der Waals surface area contributed by atoms with Crippen molar-refractivity contribution in [3.63, 3.8) is 0 Å². The summed E-state index contributed by atoms with van der Waals surface area (Å²) < 4.78 is 25.4. The molecule has 0 aliphatic carbocycles. The van der Waals surface area contributed by atoms with E-state index >= 15 is 0 Å². The third kappa shape index (κ3) is 1.60. The maximum atomic E-state index is 12.1. The van der Waals surface area contributed by atoms with Crippen LogP contribution in [0.5, 0.6) is 0 Å². The van der Waals surface area contributed by atoms with E-state index in [1.165, 1.54) is 4.31 Å². The third-order valence-electron chi connectivity index (χ3n) is 2.85. The van der Waals surface area contributed by atoms with Crippen molar-refractivity contribution in [2.45, 2.75) is 24.7 Å². The summed E-state index contributed by atoms with van der Waals surface area (Å²) in [6, 6.07) is 5.42. The summed E-state index contributed by atoms with van der Waals surface area (Å²) >= 11 is 0. The number of sulfonamides is 1. The van der Waals surface area contributed by atoms with Gasteiger partial charge in [-0.3, -0.25) is 0 Å². The lowest BCUT2D eigenvalue weighted by Gasteiger charge is -2.28. The minimum Gasteiger partial charge on any atom is -0.370 e.